The summed E-state index contributed by atoms with van der Waals surface area (Å²) in [6.45, 7) is 15.2. The van der Waals surface area contributed by atoms with Crippen molar-refractivity contribution in [3.8, 4) is 11.6 Å². The van der Waals surface area contributed by atoms with Gasteiger partial charge in [0.2, 0.25) is 5.95 Å². The first kappa shape index (κ1) is 74.6. The van der Waals surface area contributed by atoms with E-state index in [4.69, 9.17) is 0 Å². The van der Waals surface area contributed by atoms with E-state index in [2.05, 4.69) is 119 Å². The second kappa shape index (κ2) is 29.9. The Labute approximate surface area is 570 Å². The lowest BCUT2D eigenvalue weighted by Gasteiger charge is -2.46. The van der Waals surface area contributed by atoms with E-state index in [1.807, 2.05) is 12.1 Å². The van der Waals surface area contributed by atoms with Crippen LogP contribution in [0.2, 0.25) is 0 Å². The van der Waals surface area contributed by atoms with Crippen LogP contribution < -0.4 is 21.3 Å². The molecule has 0 saturated carbocycles. The van der Waals surface area contributed by atoms with Gasteiger partial charge in [0.1, 0.15) is 25.7 Å². The normalized spacial score (nSPS) is 16.1. The summed E-state index contributed by atoms with van der Waals surface area (Å²) in [5.41, 5.74) is -8.63. The van der Waals surface area contributed by atoms with Crippen LogP contribution in [0, 0.1) is 5.41 Å². The number of rotatable bonds is 14. The molecule has 0 amide bonds. The lowest BCUT2D eigenvalue weighted by molar-refractivity contribution is -0.260. The van der Waals surface area contributed by atoms with E-state index < -0.39 is 63.5 Å². The number of ketones is 1. The molecular weight excluding hydrogens is 1440 g/mol. The second-order valence-electron chi connectivity index (χ2n) is 23.2. The van der Waals surface area contributed by atoms with Crippen LogP contribution in [0.25, 0.3) is 33.7 Å². The summed E-state index contributed by atoms with van der Waals surface area (Å²) in [5.74, 6) is 0.159. The summed E-state index contributed by atoms with van der Waals surface area (Å²) in [6.07, 6.45) is -2.24. The van der Waals surface area contributed by atoms with Crippen molar-refractivity contribution in [2.24, 2.45) is 5.41 Å². The number of likely N-dealkylation sites (tertiary alicyclic amines) is 1. The molecule has 3 atom stereocenters. The van der Waals surface area contributed by atoms with Gasteiger partial charge in [0.25, 0.3) is 11.1 Å². The molecule has 10 heterocycles. The fraction of sp³-hybridized carbons (Fsp3) is 0.359. The van der Waals surface area contributed by atoms with Crippen LogP contribution in [0.4, 0.5) is 56.8 Å². The minimum atomic E-state index is -4.96. The van der Waals surface area contributed by atoms with Gasteiger partial charge in [-0.15, -0.1) is 13.2 Å². The molecule has 1 aromatic carbocycles. The maximum atomic E-state index is 13.6. The molecule has 21 nitrogen and oxygen atoms in total. The number of piperidine rings is 2. The summed E-state index contributed by atoms with van der Waals surface area (Å²) in [5, 5.41) is 33.3. The molecule has 2 fully saturated rings. The number of hydrogen-bond donors (Lipinski definition) is 4. The molecule has 0 aliphatic carbocycles. The number of nitrogens with zero attached hydrogens (tertiary/aromatic N) is 14. The average Bonchev–Trinajstić information content (AvgIpc) is 1.58. The Morgan fingerprint density at radius 2 is 1.02 bits per heavy atom. The molecule has 2 saturated heterocycles. The van der Waals surface area contributed by atoms with Gasteiger partial charge in [0.05, 0.1) is 30.2 Å². The number of aromatic nitrogens is 12. The predicted octanol–water partition coefficient (Wildman–Crippen LogP) is 12.3. The van der Waals surface area contributed by atoms with E-state index in [1.165, 1.54) is 137 Å². The van der Waals surface area contributed by atoms with E-state index in [9.17, 15) is 69.2 Å². The van der Waals surface area contributed by atoms with Crippen molar-refractivity contribution in [2.75, 3.05) is 49.7 Å². The van der Waals surface area contributed by atoms with Crippen molar-refractivity contribution in [1.82, 2.24) is 63.5 Å². The zero-order chi connectivity index (χ0) is 71.2. The highest BCUT2D eigenvalue weighted by Gasteiger charge is 2.54. The van der Waals surface area contributed by atoms with Crippen LogP contribution in [0.15, 0.2) is 159 Å². The molecule has 11 rings (SSSR count). The van der Waals surface area contributed by atoms with E-state index in [1.54, 1.807) is 24.5 Å². The summed E-state index contributed by atoms with van der Waals surface area (Å²) >= 11 is 7.35. The topological polar surface area (TPSA) is 253 Å². The van der Waals surface area contributed by atoms with Crippen molar-refractivity contribution >= 4 is 88.8 Å². The number of thioether (sulfide) groups is 1. The standard InChI is InChI=1S/C32H37F3N8O2.C17H16F3N5O2S.C8H7BrF3NO.C7H6BrNO/c1-4-16-42-28(44)24-21-36-29(39-27(24)43(42)26-7-5-6-25(38-26)30(2,45)32(33,34)35)37-22-8-10-23(11-9-22)41-19-14-31(15-20-41)12-17-40(3)18-13-31;1-4-8-24-14(26)10-9-21-15(28-3)23-13(10)25(24)12-7-5-6-11(22-12)16(2,27)17(18,19)20;1-7(14,8(10,11)12)5-3-2-4-6(9)13-5;1-5(10)6-3-2-4-7(8)9-6/h4-11,21,45H,1,12-20H2,2-3H3,(H,36,37,39);4-7,9,27H,1,8H2,2-3H3;2-4,14H,1H3;2-4H,1H3. The van der Waals surface area contributed by atoms with E-state index in [0.717, 1.165) is 42.7 Å². The summed E-state index contributed by atoms with van der Waals surface area (Å²) in [6, 6.07) is 24.9. The number of halogens is 11. The summed E-state index contributed by atoms with van der Waals surface area (Å²) in [4.78, 5) is 74.4. The lowest BCUT2D eigenvalue weighted by Crippen LogP contribution is -2.46. The number of fused-ring (bicyclic) bond motifs is 2. The van der Waals surface area contributed by atoms with Crippen LogP contribution in [0.3, 0.4) is 0 Å². The zero-order valence-corrected chi connectivity index (χ0v) is 56.9. The molecule has 516 valence electrons. The lowest BCUT2D eigenvalue weighted by atomic mass is 9.71. The molecule has 0 radical (unpaired) electrons. The van der Waals surface area contributed by atoms with Crippen molar-refractivity contribution in [2.45, 2.75) is 107 Å². The van der Waals surface area contributed by atoms with E-state index in [0.29, 0.717) is 41.6 Å². The van der Waals surface area contributed by atoms with Crippen LogP contribution in [-0.2, 0) is 29.9 Å². The Kier molecular flexibility index (Phi) is 23.0. The Morgan fingerprint density at radius 3 is 1.44 bits per heavy atom. The fourth-order valence-electron chi connectivity index (χ4n) is 10.3. The summed E-state index contributed by atoms with van der Waals surface area (Å²) in [7, 11) is 2.20. The quantitative estimate of drug-likeness (QED) is 0.0197. The van der Waals surface area contributed by atoms with Gasteiger partial charge in [-0.3, -0.25) is 14.4 Å². The van der Waals surface area contributed by atoms with Crippen LogP contribution >= 0.6 is 43.6 Å². The van der Waals surface area contributed by atoms with Gasteiger partial charge in [-0.05, 0) is 183 Å². The van der Waals surface area contributed by atoms with Crippen LogP contribution in [0.1, 0.15) is 80.9 Å². The van der Waals surface area contributed by atoms with Gasteiger partial charge < -0.3 is 30.4 Å². The number of nitrogens with one attached hydrogen (secondary N) is 1. The molecule has 1 spiro atoms. The smallest absolute Gasteiger partial charge is 0.375 e. The molecule has 2 aliphatic rings. The molecule has 9 aromatic rings. The number of carbonyl (C=O) groups excluding carboxylic acids is 1. The van der Waals surface area contributed by atoms with E-state index in [-0.39, 0.29) is 63.1 Å². The van der Waals surface area contributed by atoms with Crippen LogP contribution in [-0.4, -0.2) is 143 Å². The van der Waals surface area contributed by atoms with Gasteiger partial charge in [0, 0.05) is 43.8 Å². The number of allylic oxidation sites excluding steroid dienone is 2. The SMILES string of the molecule is C=CCn1c(=O)c2cnc(Nc3ccc(N4CCC5(CCN(C)CC5)CC4)cc3)nc2n1-c1cccc(C(C)(O)C(F)(F)F)n1.C=CCn1c(=O)c2cnc(SC)nc2n1-c1cccc(C(C)(O)C(F)(F)F)n1.CC(=O)c1cccc(Br)n1.CC(O)(c1cccc(Br)n1)C(F)(F)F. The van der Waals surface area contributed by atoms with Gasteiger partial charge in [-0.1, -0.05) is 48.2 Å². The number of benzene rings is 1. The molecular formula is C64H66Br2F9N15O6S. The highest BCUT2D eigenvalue weighted by molar-refractivity contribution is 9.10. The number of anilines is 3. The Morgan fingerprint density at radius 1 is 0.598 bits per heavy atom. The average molecular weight is 1500 g/mol. The van der Waals surface area contributed by atoms with Gasteiger partial charge in [-0.2, -0.15) is 44.5 Å². The maximum absolute atomic E-state index is 13.6. The zero-order valence-electron chi connectivity index (χ0n) is 52.9. The third-order valence-corrected chi connectivity index (χ3v) is 17.8. The van der Waals surface area contributed by atoms with Crippen molar-refractivity contribution in [1.29, 1.82) is 0 Å². The first-order chi connectivity index (χ1) is 45.5. The van der Waals surface area contributed by atoms with Gasteiger partial charge in [-0.25, -0.2) is 53.6 Å². The highest BCUT2D eigenvalue weighted by atomic mass is 79.9. The number of pyridine rings is 4. The maximum Gasteiger partial charge on any atom is 0.422 e. The Bertz CT molecular complexity index is 4430. The van der Waals surface area contributed by atoms with Gasteiger partial charge >= 0.3 is 18.5 Å². The second-order valence-corrected chi connectivity index (χ2v) is 25.6. The number of aliphatic hydroxyl groups is 3. The largest absolute Gasteiger partial charge is 0.422 e. The van der Waals surface area contributed by atoms with Crippen molar-refractivity contribution in [3.63, 3.8) is 0 Å². The minimum absolute atomic E-state index is 0.00160. The molecule has 33 heteroatoms. The number of hydrogen-bond acceptors (Lipinski definition) is 18. The Hall–Kier alpha value is -8.21. The van der Waals surface area contributed by atoms with Crippen molar-refractivity contribution in [3.05, 3.63) is 187 Å². The first-order valence-electron chi connectivity index (χ1n) is 29.6. The number of alkyl halides is 9. The fourth-order valence-corrected chi connectivity index (χ4v) is 11.3. The van der Waals surface area contributed by atoms with E-state index >= 15 is 0 Å². The number of carbonyl (C=O) groups is 1. The molecule has 3 unspecified atom stereocenters. The molecule has 8 aromatic heterocycles. The minimum Gasteiger partial charge on any atom is -0.375 e. The number of Topliss-reactive ketones (excluding diaryl/α,β-unsaturated/α-hetero) is 1. The molecule has 4 N–H and O–H groups in total. The summed E-state index contributed by atoms with van der Waals surface area (Å²) < 4.78 is 124. The van der Waals surface area contributed by atoms with Crippen molar-refractivity contribution < 1.29 is 59.6 Å². The third kappa shape index (κ3) is 16.7. The highest BCUT2D eigenvalue weighted by Crippen LogP contribution is 2.43. The first-order valence-corrected chi connectivity index (χ1v) is 32.4. The molecule has 0 bridgehead atoms. The third-order valence-electron chi connectivity index (χ3n) is 16.3. The van der Waals surface area contributed by atoms with Gasteiger partial charge in [0.15, 0.2) is 50.7 Å². The van der Waals surface area contributed by atoms with Crippen LogP contribution in [0.5, 0.6) is 0 Å². The molecule has 2 aliphatic heterocycles. The Balaban J connectivity index is 0.000000194. The predicted molar refractivity (Wildman–Crippen MR) is 355 cm³/mol. The molecule has 97 heavy (non-hydrogen) atoms. The monoisotopic (exact) mass is 1500 g/mol.